The fraction of sp³-hybridized carbons (Fsp3) is 0. The molecule has 0 saturated carbocycles. The summed E-state index contributed by atoms with van der Waals surface area (Å²) in [5.41, 5.74) is 14.5. The second-order valence-corrected chi connectivity index (χ2v) is 10.8. The third kappa shape index (κ3) is 3.22. The van der Waals surface area contributed by atoms with Crippen LogP contribution in [0.25, 0.3) is 82.9 Å². The molecule has 2 aromatic heterocycles. The Morgan fingerprint density at radius 2 is 0.902 bits per heavy atom. The molecular formula is C39H24N2. The molecule has 0 fully saturated rings. The van der Waals surface area contributed by atoms with Crippen molar-refractivity contribution in [3.05, 3.63) is 146 Å². The van der Waals surface area contributed by atoms with E-state index < -0.39 is 0 Å². The summed E-state index contributed by atoms with van der Waals surface area (Å²) in [6.45, 7) is 0. The van der Waals surface area contributed by atoms with Crippen LogP contribution in [0.2, 0.25) is 0 Å². The zero-order chi connectivity index (χ0) is 26.9. The molecule has 2 heteroatoms. The highest BCUT2D eigenvalue weighted by molar-refractivity contribution is 6.10. The molecule has 190 valence electrons. The monoisotopic (exact) mass is 520 g/mol. The SMILES string of the molecule is c1ccc2c(c1)-c1ccccc1-c1cc3cccnc3cc1-c1ccc(-n3c4ccccc4c4ccccc43)cc1-2. The van der Waals surface area contributed by atoms with Crippen molar-refractivity contribution in [3.63, 3.8) is 0 Å². The van der Waals surface area contributed by atoms with Gasteiger partial charge < -0.3 is 4.57 Å². The fourth-order valence-electron chi connectivity index (χ4n) is 6.80. The first kappa shape index (κ1) is 22.4. The topological polar surface area (TPSA) is 17.8 Å². The third-order valence-electron chi connectivity index (χ3n) is 8.60. The summed E-state index contributed by atoms with van der Waals surface area (Å²) in [6.07, 6.45) is 1.88. The second kappa shape index (κ2) is 8.51. The minimum atomic E-state index is 1.01. The number of hydrogen-bond acceptors (Lipinski definition) is 1. The normalized spacial score (nSPS) is 11.9. The number of hydrogen-bond donors (Lipinski definition) is 0. The Labute approximate surface area is 237 Å². The van der Waals surface area contributed by atoms with Gasteiger partial charge in [-0.3, -0.25) is 4.98 Å². The first-order chi connectivity index (χ1) is 20.3. The lowest BCUT2D eigenvalue weighted by molar-refractivity contribution is 1.18. The molecule has 0 unspecified atom stereocenters. The molecule has 2 heterocycles. The van der Waals surface area contributed by atoms with E-state index in [9.17, 15) is 0 Å². The van der Waals surface area contributed by atoms with Crippen LogP contribution in [0.3, 0.4) is 0 Å². The number of pyridine rings is 1. The lowest BCUT2D eigenvalue weighted by Crippen LogP contribution is -2.00. The Kier molecular flexibility index (Phi) is 4.64. The van der Waals surface area contributed by atoms with E-state index in [2.05, 4.69) is 138 Å². The van der Waals surface area contributed by atoms with Gasteiger partial charge in [-0.05, 0) is 87.0 Å². The smallest absolute Gasteiger partial charge is 0.0708 e. The predicted molar refractivity (Wildman–Crippen MR) is 171 cm³/mol. The highest BCUT2D eigenvalue weighted by Gasteiger charge is 2.23. The summed E-state index contributed by atoms with van der Waals surface area (Å²) in [4.78, 5) is 4.74. The maximum Gasteiger partial charge on any atom is 0.0708 e. The van der Waals surface area contributed by atoms with E-state index >= 15 is 0 Å². The van der Waals surface area contributed by atoms with Crippen molar-refractivity contribution in [3.8, 4) is 50.2 Å². The molecule has 0 radical (unpaired) electrons. The number of benzene rings is 6. The molecule has 1 aliphatic carbocycles. The summed E-state index contributed by atoms with van der Waals surface area (Å²) in [5, 5.41) is 3.69. The van der Waals surface area contributed by atoms with Gasteiger partial charge in [-0.2, -0.15) is 0 Å². The molecule has 0 spiro atoms. The van der Waals surface area contributed by atoms with Gasteiger partial charge in [0.25, 0.3) is 0 Å². The van der Waals surface area contributed by atoms with Crippen LogP contribution in [-0.4, -0.2) is 9.55 Å². The van der Waals surface area contributed by atoms with Gasteiger partial charge in [-0.15, -0.1) is 0 Å². The van der Waals surface area contributed by atoms with Crippen molar-refractivity contribution in [2.75, 3.05) is 0 Å². The van der Waals surface area contributed by atoms with Crippen LogP contribution in [0, 0.1) is 0 Å². The maximum absolute atomic E-state index is 4.74. The zero-order valence-corrected chi connectivity index (χ0v) is 22.3. The molecule has 0 atom stereocenters. The van der Waals surface area contributed by atoms with Crippen LogP contribution in [-0.2, 0) is 0 Å². The average Bonchev–Trinajstić information content (AvgIpc) is 3.38. The highest BCUT2D eigenvalue weighted by atomic mass is 15.0. The van der Waals surface area contributed by atoms with Crippen LogP contribution < -0.4 is 0 Å². The standard InChI is InChI=1S/C39H24N2/c1-3-13-29-27(11-1)28-12-2-4-14-30(28)35-23-26(41-38-17-7-5-15-32(38)33-16-6-8-18-39(33)41)19-20-31(35)36-24-37-25(22-34(29)36)10-9-21-40-37/h1-24H. The van der Waals surface area contributed by atoms with Crippen molar-refractivity contribution in [2.24, 2.45) is 0 Å². The number of rotatable bonds is 1. The first-order valence-electron chi connectivity index (χ1n) is 14.1. The Morgan fingerprint density at radius 1 is 0.390 bits per heavy atom. The molecule has 0 saturated heterocycles. The van der Waals surface area contributed by atoms with Crippen LogP contribution in [0.5, 0.6) is 0 Å². The molecule has 2 nitrogen and oxygen atoms in total. The van der Waals surface area contributed by atoms with Gasteiger partial charge in [-0.25, -0.2) is 0 Å². The first-order valence-corrected chi connectivity index (χ1v) is 14.1. The van der Waals surface area contributed by atoms with Crippen LogP contribution in [0.4, 0.5) is 0 Å². The minimum absolute atomic E-state index is 1.01. The van der Waals surface area contributed by atoms with Crippen LogP contribution in [0.15, 0.2) is 146 Å². The molecule has 9 rings (SSSR count). The molecule has 0 aliphatic heterocycles. The molecular weight excluding hydrogens is 496 g/mol. The van der Waals surface area contributed by atoms with Gasteiger partial charge >= 0.3 is 0 Å². The van der Waals surface area contributed by atoms with E-state index in [1.807, 2.05) is 12.3 Å². The van der Waals surface area contributed by atoms with Crippen molar-refractivity contribution in [2.45, 2.75) is 0 Å². The van der Waals surface area contributed by atoms with E-state index in [1.165, 1.54) is 66.3 Å². The number of fused-ring (bicyclic) bond motifs is 12. The summed E-state index contributed by atoms with van der Waals surface area (Å²) >= 11 is 0. The summed E-state index contributed by atoms with van der Waals surface area (Å²) in [5.74, 6) is 0. The summed E-state index contributed by atoms with van der Waals surface area (Å²) in [7, 11) is 0. The molecule has 0 bridgehead atoms. The second-order valence-electron chi connectivity index (χ2n) is 10.8. The van der Waals surface area contributed by atoms with Crippen molar-refractivity contribution in [1.29, 1.82) is 0 Å². The zero-order valence-electron chi connectivity index (χ0n) is 22.3. The molecule has 6 aromatic carbocycles. The number of nitrogens with zero attached hydrogens (tertiary/aromatic N) is 2. The van der Waals surface area contributed by atoms with Gasteiger partial charge in [0.2, 0.25) is 0 Å². The lowest BCUT2D eigenvalue weighted by Gasteiger charge is -2.24. The minimum Gasteiger partial charge on any atom is -0.309 e. The van der Waals surface area contributed by atoms with Crippen LogP contribution >= 0.6 is 0 Å². The molecule has 1 aliphatic rings. The summed E-state index contributed by atoms with van der Waals surface area (Å²) < 4.78 is 2.41. The van der Waals surface area contributed by atoms with E-state index in [0.29, 0.717) is 0 Å². The fourth-order valence-corrected chi connectivity index (χ4v) is 6.80. The van der Waals surface area contributed by atoms with Gasteiger partial charge in [0.1, 0.15) is 0 Å². The van der Waals surface area contributed by atoms with E-state index in [1.54, 1.807) is 0 Å². The number of aromatic nitrogens is 2. The third-order valence-corrected chi connectivity index (χ3v) is 8.60. The summed E-state index contributed by atoms with van der Waals surface area (Å²) in [6, 6.07) is 50.8. The Hall–Kier alpha value is -5.47. The number of para-hydroxylation sites is 2. The van der Waals surface area contributed by atoms with Gasteiger partial charge in [0, 0.05) is 28.0 Å². The molecule has 0 amide bonds. The average molecular weight is 521 g/mol. The predicted octanol–water partition coefficient (Wildman–Crippen LogP) is 10.3. The van der Waals surface area contributed by atoms with E-state index in [0.717, 1.165) is 16.6 Å². The Morgan fingerprint density at radius 3 is 1.56 bits per heavy atom. The van der Waals surface area contributed by atoms with Crippen molar-refractivity contribution >= 4 is 32.7 Å². The Balaban J connectivity index is 1.42. The maximum atomic E-state index is 4.74. The Bertz CT molecular complexity index is 2270. The van der Waals surface area contributed by atoms with Gasteiger partial charge in [0.15, 0.2) is 0 Å². The molecule has 0 N–H and O–H groups in total. The lowest BCUT2D eigenvalue weighted by atomic mass is 9.80. The molecule has 8 aromatic rings. The van der Waals surface area contributed by atoms with Gasteiger partial charge in [0.05, 0.1) is 16.6 Å². The highest BCUT2D eigenvalue weighted by Crippen LogP contribution is 2.49. The van der Waals surface area contributed by atoms with E-state index in [4.69, 9.17) is 4.98 Å². The quantitative estimate of drug-likeness (QED) is 0.210. The molecule has 41 heavy (non-hydrogen) atoms. The van der Waals surface area contributed by atoms with E-state index in [-0.39, 0.29) is 0 Å². The van der Waals surface area contributed by atoms with Gasteiger partial charge in [-0.1, -0.05) is 97.1 Å². The van der Waals surface area contributed by atoms with Crippen molar-refractivity contribution < 1.29 is 0 Å². The van der Waals surface area contributed by atoms with Crippen LogP contribution in [0.1, 0.15) is 0 Å². The largest absolute Gasteiger partial charge is 0.309 e. The van der Waals surface area contributed by atoms with Crippen molar-refractivity contribution in [1.82, 2.24) is 9.55 Å².